The molecule has 2 nitrogen and oxygen atoms in total. The summed E-state index contributed by atoms with van der Waals surface area (Å²) in [7, 11) is 1.64. The number of ether oxygens (including phenoxy) is 1. The van der Waals surface area contributed by atoms with Crippen molar-refractivity contribution >= 4 is 44.8 Å². The van der Waals surface area contributed by atoms with E-state index >= 15 is 0 Å². The molecule has 0 aliphatic heterocycles. The van der Waals surface area contributed by atoms with E-state index in [0.717, 1.165) is 21.5 Å². The molecule has 5 heteroatoms. The van der Waals surface area contributed by atoms with Crippen LogP contribution in [0.2, 0.25) is 10.0 Å². The van der Waals surface area contributed by atoms with E-state index in [4.69, 9.17) is 27.9 Å². The Bertz CT molecular complexity index is 619. The van der Waals surface area contributed by atoms with Crippen LogP contribution in [0.1, 0.15) is 18.5 Å². The lowest BCUT2D eigenvalue weighted by Gasteiger charge is -2.19. The second kappa shape index (κ2) is 6.70. The molecule has 2 aromatic rings. The molecule has 0 radical (unpaired) electrons. The molecule has 0 heterocycles. The Morgan fingerprint density at radius 3 is 2.65 bits per heavy atom. The van der Waals surface area contributed by atoms with Crippen molar-refractivity contribution in [2.24, 2.45) is 0 Å². The molecular formula is C15H14BrCl2NO. The standard InChI is InChI=1S/C15H14BrCl2NO/c1-9(11-4-3-5-13(17)15(11)18)19-14-8-10(20-2)6-7-12(14)16/h3-9,19H,1-2H3. The third-order valence-corrected chi connectivity index (χ3v) is 4.52. The molecular weight excluding hydrogens is 361 g/mol. The first-order valence-electron chi connectivity index (χ1n) is 6.07. The van der Waals surface area contributed by atoms with Crippen molar-refractivity contribution < 1.29 is 4.74 Å². The van der Waals surface area contributed by atoms with E-state index in [2.05, 4.69) is 21.2 Å². The average Bonchev–Trinajstić information content (AvgIpc) is 2.44. The summed E-state index contributed by atoms with van der Waals surface area (Å²) >= 11 is 15.8. The number of halogens is 3. The summed E-state index contributed by atoms with van der Waals surface area (Å²) < 4.78 is 6.19. The second-order valence-corrected chi connectivity index (χ2v) is 5.99. The van der Waals surface area contributed by atoms with Crippen LogP contribution in [-0.4, -0.2) is 7.11 Å². The van der Waals surface area contributed by atoms with Gasteiger partial charge < -0.3 is 10.1 Å². The molecule has 0 aliphatic rings. The third-order valence-electron chi connectivity index (χ3n) is 2.99. The number of methoxy groups -OCH3 is 1. The van der Waals surface area contributed by atoms with E-state index in [1.54, 1.807) is 13.2 Å². The Morgan fingerprint density at radius 2 is 1.95 bits per heavy atom. The summed E-state index contributed by atoms with van der Waals surface area (Å²) in [6.45, 7) is 2.03. The van der Waals surface area contributed by atoms with Crippen LogP contribution < -0.4 is 10.1 Å². The molecule has 106 valence electrons. The van der Waals surface area contributed by atoms with Crippen LogP contribution in [-0.2, 0) is 0 Å². The van der Waals surface area contributed by atoms with Crippen LogP contribution in [0.15, 0.2) is 40.9 Å². The second-order valence-electron chi connectivity index (χ2n) is 4.35. The van der Waals surface area contributed by atoms with Gasteiger partial charge in [-0.05, 0) is 46.6 Å². The fourth-order valence-electron chi connectivity index (χ4n) is 1.91. The van der Waals surface area contributed by atoms with Crippen molar-refractivity contribution in [3.63, 3.8) is 0 Å². The highest BCUT2D eigenvalue weighted by molar-refractivity contribution is 9.10. The number of nitrogens with one attached hydrogen (secondary N) is 1. The number of rotatable bonds is 4. The van der Waals surface area contributed by atoms with Crippen molar-refractivity contribution in [2.45, 2.75) is 13.0 Å². The SMILES string of the molecule is COc1ccc(Br)c(NC(C)c2cccc(Cl)c2Cl)c1. The van der Waals surface area contributed by atoms with Gasteiger partial charge in [0.25, 0.3) is 0 Å². The van der Waals surface area contributed by atoms with Gasteiger partial charge in [0.05, 0.1) is 28.9 Å². The fraction of sp³-hybridized carbons (Fsp3) is 0.200. The molecule has 0 bridgehead atoms. The molecule has 0 fully saturated rings. The van der Waals surface area contributed by atoms with E-state index in [1.807, 2.05) is 37.3 Å². The lowest BCUT2D eigenvalue weighted by atomic mass is 10.1. The van der Waals surface area contributed by atoms with E-state index < -0.39 is 0 Å². The quantitative estimate of drug-likeness (QED) is 0.715. The van der Waals surface area contributed by atoms with E-state index in [0.29, 0.717) is 10.0 Å². The fourth-order valence-corrected chi connectivity index (χ4v) is 2.74. The van der Waals surface area contributed by atoms with Gasteiger partial charge in [-0.15, -0.1) is 0 Å². The topological polar surface area (TPSA) is 21.3 Å². The first-order valence-corrected chi connectivity index (χ1v) is 7.61. The lowest BCUT2D eigenvalue weighted by molar-refractivity contribution is 0.415. The van der Waals surface area contributed by atoms with E-state index in [9.17, 15) is 0 Å². The van der Waals surface area contributed by atoms with Crippen molar-refractivity contribution in [2.75, 3.05) is 12.4 Å². The average molecular weight is 375 g/mol. The van der Waals surface area contributed by atoms with Crippen LogP contribution in [0, 0.1) is 0 Å². The van der Waals surface area contributed by atoms with Gasteiger partial charge in [-0.2, -0.15) is 0 Å². The predicted octanol–water partition coefficient (Wildman–Crippen LogP) is 5.94. The van der Waals surface area contributed by atoms with Crippen molar-refractivity contribution in [3.8, 4) is 5.75 Å². The molecule has 1 atom stereocenters. The van der Waals surface area contributed by atoms with Crippen LogP contribution in [0.5, 0.6) is 5.75 Å². The van der Waals surface area contributed by atoms with Crippen LogP contribution in [0.3, 0.4) is 0 Å². The summed E-state index contributed by atoms with van der Waals surface area (Å²) in [5, 5.41) is 4.53. The maximum absolute atomic E-state index is 6.24. The molecule has 0 spiro atoms. The molecule has 1 N–H and O–H groups in total. The van der Waals surface area contributed by atoms with Crippen molar-refractivity contribution in [1.82, 2.24) is 0 Å². The molecule has 0 saturated heterocycles. The minimum absolute atomic E-state index is 0.0182. The van der Waals surface area contributed by atoms with Crippen molar-refractivity contribution in [1.29, 1.82) is 0 Å². The zero-order chi connectivity index (χ0) is 14.7. The number of anilines is 1. The minimum atomic E-state index is 0.0182. The summed E-state index contributed by atoms with van der Waals surface area (Å²) in [5.74, 6) is 0.792. The molecule has 0 aliphatic carbocycles. The van der Waals surface area contributed by atoms with Gasteiger partial charge in [0.2, 0.25) is 0 Å². The van der Waals surface area contributed by atoms with Gasteiger partial charge >= 0.3 is 0 Å². The molecule has 2 rings (SSSR count). The van der Waals surface area contributed by atoms with Gasteiger partial charge in [-0.25, -0.2) is 0 Å². The zero-order valence-electron chi connectivity index (χ0n) is 11.1. The van der Waals surface area contributed by atoms with Gasteiger partial charge in [-0.1, -0.05) is 35.3 Å². The summed E-state index contributed by atoms with van der Waals surface area (Å²) in [6, 6.07) is 11.4. The van der Waals surface area contributed by atoms with Crippen molar-refractivity contribution in [3.05, 3.63) is 56.5 Å². The lowest BCUT2D eigenvalue weighted by Crippen LogP contribution is -2.08. The summed E-state index contributed by atoms with van der Waals surface area (Å²) in [4.78, 5) is 0. The zero-order valence-corrected chi connectivity index (χ0v) is 14.2. The van der Waals surface area contributed by atoms with Crippen LogP contribution in [0.4, 0.5) is 5.69 Å². The highest BCUT2D eigenvalue weighted by atomic mass is 79.9. The van der Waals surface area contributed by atoms with E-state index in [-0.39, 0.29) is 6.04 Å². The molecule has 0 aromatic heterocycles. The summed E-state index contributed by atoms with van der Waals surface area (Å²) in [5.41, 5.74) is 1.89. The molecule has 1 unspecified atom stereocenters. The first-order chi connectivity index (χ1) is 9.52. The summed E-state index contributed by atoms with van der Waals surface area (Å²) in [6.07, 6.45) is 0. The molecule has 2 aromatic carbocycles. The minimum Gasteiger partial charge on any atom is -0.497 e. The van der Waals surface area contributed by atoms with Gasteiger partial charge in [0.15, 0.2) is 0 Å². The normalized spacial score (nSPS) is 12.1. The number of hydrogen-bond donors (Lipinski definition) is 1. The third kappa shape index (κ3) is 3.40. The predicted molar refractivity (Wildman–Crippen MR) is 89.2 cm³/mol. The Morgan fingerprint density at radius 1 is 1.20 bits per heavy atom. The monoisotopic (exact) mass is 373 g/mol. The Balaban J connectivity index is 2.27. The molecule has 0 saturated carbocycles. The highest BCUT2D eigenvalue weighted by Gasteiger charge is 2.13. The Labute approximate surface area is 137 Å². The Kier molecular flexibility index (Phi) is 5.19. The maximum atomic E-state index is 6.24. The smallest absolute Gasteiger partial charge is 0.121 e. The van der Waals surface area contributed by atoms with Crippen LogP contribution >= 0.6 is 39.1 Å². The highest BCUT2D eigenvalue weighted by Crippen LogP contribution is 2.34. The van der Waals surface area contributed by atoms with Crippen LogP contribution in [0.25, 0.3) is 0 Å². The van der Waals surface area contributed by atoms with Gasteiger partial charge in [-0.3, -0.25) is 0 Å². The number of benzene rings is 2. The Hall–Kier alpha value is -0.900. The number of hydrogen-bond acceptors (Lipinski definition) is 2. The van der Waals surface area contributed by atoms with E-state index in [1.165, 1.54) is 0 Å². The first kappa shape index (κ1) is 15.5. The van der Waals surface area contributed by atoms with Gasteiger partial charge in [0, 0.05) is 10.5 Å². The molecule has 20 heavy (non-hydrogen) atoms. The van der Waals surface area contributed by atoms with Gasteiger partial charge in [0.1, 0.15) is 5.75 Å². The maximum Gasteiger partial charge on any atom is 0.121 e. The largest absolute Gasteiger partial charge is 0.497 e. The molecule has 0 amide bonds.